The molecule has 0 radical (unpaired) electrons. The van der Waals surface area contributed by atoms with Crippen molar-refractivity contribution in [3.05, 3.63) is 41.5 Å². The second-order valence-electron chi connectivity index (χ2n) is 8.63. The molecule has 3 rings (SSSR count). The zero-order valence-corrected chi connectivity index (χ0v) is 17.5. The Morgan fingerprint density at radius 1 is 1.18 bits per heavy atom. The van der Waals surface area contributed by atoms with Gasteiger partial charge >= 0.3 is 0 Å². The highest BCUT2D eigenvalue weighted by atomic mass is 16.5. The average Bonchev–Trinajstić information content (AvgIpc) is 3.14. The molecule has 1 fully saturated rings. The number of amides is 1. The third-order valence-electron chi connectivity index (χ3n) is 5.03. The van der Waals surface area contributed by atoms with Crippen LogP contribution in [-0.2, 0) is 16.6 Å². The largest absolute Gasteiger partial charge is 0.374 e. The highest BCUT2D eigenvalue weighted by molar-refractivity contribution is 5.79. The van der Waals surface area contributed by atoms with Crippen LogP contribution in [0.25, 0.3) is 0 Å². The molecule has 152 valence electrons. The van der Waals surface area contributed by atoms with Crippen LogP contribution >= 0.6 is 0 Å². The highest BCUT2D eigenvalue weighted by Gasteiger charge is 2.23. The van der Waals surface area contributed by atoms with Gasteiger partial charge in [-0.15, -0.1) is 0 Å². The smallest absolute Gasteiger partial charge is 0.248 e. The lowest BCUT2D eigenvalue weighted by Gasteiger charge is -2.32. The number of carbonyl (C=O) groups excluding carboxylic acids is 1. The van der Waals surface area contributed by atoms with Crippen molar-refractivity contribution in [3.8, 4) is 0 Å². The van der Waals surface area contributed by atoms with E-state index < -0.39 is 0 Å². The number of piperazine rings is 1. The summed E-state index contributed by atoms with van der Waals surface area (Å²) in [6.45, 7) is 11.7. The summed E-state index contributed by atoms with van der Waals surface area (Å²) in [6, 6.07) is 7.88. The van der Waals surface area contributed by atoms with Crippen molar-refractivity contribution in [2.24, 2.45) is 0 Å². The Morgan fingerprint density at radius 3 is 2.39 bits per heavy atom. The van der Waals surface area contributed by atoms with E-state index in [1.165, 1.54) is 0 Å². The van der Waals surface area contributed by atoms with E-state index >= 15 is 0 Å². The molecule has 1 aliphatic heterocycles. The first-order chi connectivity index (χ1) is 13.2. The molecular weight excluding hydrogens is 354 g/mol. The number of aromatic nitrogens is 2. The molecule has 0 spiro atoms. The summed E-state index contributed by atoms with van der Waals surface area (Å²) in [5, 5.41) is 7.45. The summed E-state index contributed by atoms with van der Waals surface area (Å²) in [7, 11) is 2.09. The molecule has 1 unspecified atom stereocenters. The number of benzene rings is 1. The second kappa shape index (κ2) is 8.31. The molecule has 1 aromatic heterocycles. The SMILES string of the molecule is CC(Nc1ccc(CC(=O)N2CCN(C)CC2)cc1)c1nc(C(C)(C)C)no1. The van der Waals surface area contributed by atoms with Crippen molar-refractivity contribution in [1.82, 2.24) is 19.9 Å². The van der Waals surface area contributed by atoms with Crippen molar-refractivity contribution in [2.45, 2.75) is 45.6 Å². The number of hydrogen-bond donors (Lipinski definition) is 1. The molecule has 2 heterocycles. The molecule has 28 heavy (non-hydrogen) atoms. The third-order valence-corrected chi connectivity index (χ3v) is 5.03. The first-order valence-electron chi connectivity index (χ1n) is 9.88. The minimum atomic E-state index is -0.139. The van der Waals surface area contributed by atoms with Crippen LogP contribution in [0.1, 0.15) is 51.0 Å². The van der Waals surface area contributed by atoms with Crippen molar-refractivity contribution in [2.75, 3.05) is 38.5 Å². The molecule has 0 saturated carbocycles. The van der Waals surface area contributed by atoms with Crippen molar-refractivity contribution < 1.29 is 9.32 Å². The number of hydrogen-bond acceptors (Lipinski definition) is 6. The third kappa shape index (κ3) is 5.10. The van der Waals surface area contributed by atoms with E-state index in [1.807, 2.05) is 36.1 Å². The summed E-state index contributed by atoms with van der Waals surface area (Å²) >= 11 is 0. The number of nitrogens with one attached hydrogen (secondary N) is 1. The molecule has 2 aromatic rings. The van der Waals surface area contributed by atoms with Crippen LogP contribution in [0.15, 0.2) is 28.8 Å². The van der Waals surface area contributed by atoms with Crippen LogP contribution in [0.4, 0.5) is 5.69 Å². The lowest BCUT2D eigenvalue weighted by Crippen LogP contribution is -2.47. The first kappa shape index (κ1) is 20.3. The summed E-state index contributed by atoms with van der Waals surface area (Å²) < 4.78 is 5.40. The van der Waals surface area contributed by atoms with Crippen molar-refractivity contribution in [3.63, 3.8) is 0 Å². The van der Waals surface area contributed by atoms with Crippen LogP contribution in [0.5, 0.6) is 0 Å². The quantitative estimate of drug-likeness (QED) is 0.853. The lowest BCUT2D eigenvalue weighted by molar-refractivity contribution is -0.132. The predicted molar refractivity (Wildman–Crippen MR) is 109 cm³/mol. The summed E-state index contributed by atoms with van der Waals surface area (Å²) in [5.74, 6) is 1.47. The molecule has 7 heteroatoms. The van der Waals surface area contributed by atoms with Crippen LogP contribution in [0.2, 0.25) is 0 Å². The number of rotatable bonds is 5. The van der Waals surface area contributed by atoms with Gasteiger partial charge < -0.3 is 19.6 Å². The van der Waals surface area contributed by atoms with E-state index in [0.717, 1.165) is 37.4 Å². The molecule has 1 aromatic carbocycles. The number of nitrogens with zero attached hydrogens (tertiary/aromatic N) is 4. The Kier molecular flexibility index (Phi) is 6.03. The van der Waals surface area contributed by atoms with E-state index in [2.05, 4.69) is 48.2 Å². The van der Waals surface area contributed by atoms with Gasteiger partial charge in [0.05, 0.1) is 6.42 Å². The molecule has 0 aliphatic carbocycles. The molecule has 7 nitrogen and oxygen atoms in total. The van der Waals surface area contributed by atoms with Gasteiger partial charge in [0.2, 0.25) is 11.8 Å². The van der Waals surface area contributed by atoms with Gasteiger partial charge in [-0.2, -0.15) is 4.98 Å². The first-order valence-corrected chi connectivity index (χ1v) is 9.88. The van der Waals surface area contributed by atoms with E-state index in [4.69, 9.17) is 4.52 Å². The number of anilines is 1. The van der Waals surface area contributed by atoms with Gasteiger partial charge in [-0.1, -0.05) is 38.1 Å². The fraction of sp³-hybridized carbons (Fsp3) is 0.571. The van der Waals surface area contributed by atoms with Gasteiger partial charge in [-0.3, -0.25) is 4.79 Å². The minimum Gasteiger partial charge on any atom is -0.374 e. The van der Waals surface area contributed by atoms with E-state index in [-0.39, 0.29) is 17.4 Å². The van der Waals surface area contributed by atoms with Crippen LogP contribution in [0.3, 0.4) is 0 Å². The Balaban J connectivity index is 1.55. The molecule has 1 N–H and O–H groups in total. The van der Waals surface area contributed by atoms with Crippen LogP contribution in [0, 0.1) is 0 Å². The number of carbonyl (C=O) groups is 1. The fourth-order valence-corrected chi connectivity index (χ4v) is 3.09. The molecule has 1 atom stereocenters. The number of likely N-dealkylation sites (N-methyl/N-ethyl adjacent to an activating group) is 1. The molecule has 1 aliphatic rings. The summed E-state index contributed by atoms with van der Waals surface area (Å²) in [6.07, 6.45) is 0.443. The summed E-state index contributed by atoms with van der Waals surface area (Å²) in [5.41, 5.74) is 1.84. The van der Waals surface area contributed by atoms with Crippen molar-refractivity contribution >= 4 is 11.6 Å². The molecule has 1 saturated heterocycles. The maximum atomic E-state index is 12.5. The maximum absolute atomic E-state index is 12.5. The van der Waals surface area contributed by atoms with Gasteiger partial charge in [0.15, 0.2) is 5.82 Å². The van der Waals surface area contributed by atoms with E-state index in [9.17, 15) is 4.79 Å². The zero-order valence-electron chi connectivity index (χ0n) is 17.5. The average molecular weight is 386 g/mol. The Bertz CT molecular complexity index is 786. The Labute approximate surface area is 167 Å². The monoisotopic (exact) mass is 385 g/mol. The topological polar surface area (TPSA) is 74.5 Å². The zero-order chi connectivity index (χ0) is 20.3. The minimum absolute atomic E-state index is 0.0959. The molecule has 0 bridgehead atoms. The van der Waals surface area contributed by atoms with Gasteiger partial charge in [-0.25, -0.2) is 0 Å². The van der Waals surface area contributed by atoms with E-state index in [1.54, 1.807) is 0 Å². The fourth-order valence-electron chi connectivity index (χ4n) is 3.09. The molecule has 1 amide bonds. The van der Waals surface area contributed by atoms with Gasteiger partial charge in [0.25, 0.3) is 0 Å². The Hall–Kier alpha value is -2.41. The van der Waals surface area contributed by atoms with E-state index in [0.29, 0.717) is 18.1 Å². The lowest BCUT2D eigenvalue weighted by atomic mass is 9.96. The van der Waals surface area contributed by atoms with Crippen molar-refractivity contribution in [1.29, 1.82) is 0 Å². The predicted octanol–water partition coefficient (Wildman–Crippen LogP) is 2.86. The van der Waals surface area contributed by atoms with Crippen LogP contribution in [-0.4, -0.2) is 59.1 Å². The normalized spacial score (nSPS) is 16.8. The summed E-state index contributed by atoms with van der Waals surface area (Å²) in [4.78, 5) is 21.2. The van der Waals surface area contributed by atoms with Crippen LogP contribution < -0.4 is 5.32 Å². The highest BCUT2D eigenvalue weighted by Crippen LogP contribution is 2.23. The second-order valence-corrected chi connectivity index (χ2v) is 8.63. The maximum Gasteiger partial charge on any atom is 0.248 e. The standard InChI is InChI=1S/C21H31N5O2/c1-15(19-23-20(24-28-19)21(2,3)4)22-17-8-6-16(7-9-17)14-18(27)26-12-10-25(5)11-13-26/h6-9,15,22H,10-14H2,1-5H3. The van der Waals surface area contributed by atoms with Gasteiger partial charge in [0.1, 0.15) is 6.04 Å². The Morgan fingerprint density at radius 2 is 1.82 bits per heavy atom. The van der Waals surface area contributed by atoms with Gasteiger partial charge in [0, 0.05) is 37.3 Å². The molecular formula is C21H31N5O2. The van der Waals surface area contributed by atoms with Gasteiger partial charge in [-0.05, 0) is 31.7 Å².